The van der Waals surface area contributed by atoms with Crippen LogP contribution in [0.3, 0.4) is 0 Å². The summed E-state index contributed by atoms with van der Waals surface area (Å²) in [5, 5.41) is 7.20. The first-order chi connectivity index (χ1) is 14.8. The topological polar surface area (TPSA) is 50.2 Å². The molecule has 3 aromatic rings. The van der Waals surface area contributed by atoms with Crippen molar-refractivity contribution < 1.29 is 13.6 Å². The van der Waals surface area contributed by atoms with Gasteiger partial charge in [-0.3, -0.25) is 9.48 Å². The van der Waals surface area contributed by atoms with E-state index in [0.29, 0.717) is 29.9 Å². The number of amides is 1. The summed E-state index contributed by atoms with van der Waals surface area (Å²) in [6.45, 7) is 2.61. The molecule has 1 fully saturated rings. The van der Waals surface area contributed by atoms with E-state index in [0.717, 1.165) is 16.7 Å². The van der Waals surface area contributed by atoms with Crippen LogP contribution in [0.1, 0.15) is 35.2 Å². The maximum absolute atomic E-state index is 14.0. The molecular weight excluding hydrogens is 398 g/mol. The Hall–Kier alpha value is -3.22. The van der Waals surface area contributed by atoms with Gasteiger partial charge in [0.05, 0.1) is 11.8 Å². The van der Waals surface area contributed by atoms with Gasteiger partial charge >= 0.3 is 0 Å². The van der Waals surface area contributed by atoms with E-state index in [1.165, 1.54) is 0 Å². The molecule has 7 heteroatoms. The quantitative estimate of drug-likeness (QED) is 0.621. The molecule has 31 heavy (non-hydrogen) atoms. The van der Waals surface area contributed by atoms with Gasteiger partial charge < -0.3 is 10.2 Å². The smallest absolute Gasteiger partial charge is 0.258 e. The summed E-state index contributed by atoms with van der Waals surface area (Å²) < 4.78 is 29.6. The van der Waals surface area contributed by atoms with Crippen molar-refractivity contribution in [2.75, 3.05) is 23.3 Å². The largest absolute Gasteiger partial charge is 0.371 e. The van der Waals surface area contributed by atoms with Crippen LogP contribution in [-0.2, 0) is 7.05 Å². The van der Waals surface area contributed by atoms with Gasteiger partial charge in [0, 0.05) is 56.1 Å². The van der Waals surface area contributed by atoms with Crippen LogP contribution in [0.25, 0.3) is 11.1 Å². The molecular formula is C24H26F2N4O. The Labute approximate surface area is 180 Å². The number of nitrogens with one attached hydrogen (secondary N) is 1. The number of benzene rings is 2. The standard InChI is InChI=1S/C24H26F2N4O/c1-17-20(18-15-27-29(2)16-18)9-10-21(30-13-6-11-24(25,26)12-14-30)22(17)23(31)28-19-7-4-3-5-8-19/h3-5,7-10,15-16H,6,11-14H2,1-2H3,(H,28,31). The molecule has 1 saturated heterocycles. The Bertz CT molecular complexity index is 1080. The van der Waals surface area contributed by atoms with Gasteiger partial charge in [-0.1, -0.05) is 24.3 Å². The highest BCUT2D eigenvalue weighted by atomic mass is 19.3. The lowest BCUT2D eigenvalue weighted by atomic mass is 9.95. The number of hydrogen-bond donors (Lipinski definition) is 1. The van der Waals surface area contributed by atoms with Gasteiger partial charge in [0.1, 0.15) is 0 Å². The molecule has 0 atom stereocenters. The van der Waals surface area contributed by atoms with Crippen LogP contribution >= 0.6 is 0 Å². The number of rotatable bonds is 4. The summed E-state index contributed by atoms with van der Waals surface area (Å²) in [7, 11) is 1.84. The number of carbonyl (C=O) groups excluding carboxylic acids is 1. The first kappa shape index (κ1) is 21.0. The third-order valence-electron chi connectivity index (χ3n) is 5.78. The van der Waals surface area contributed by atoms with Crippen molar-refractivity contribution in [1.82, 2.24) is 9.78 Å². The van der Waals surface area contributed by atoms with Crippen molar-refractivity contribution in [2.45, 2.75) is 32.1 Å². The lowest BCUT2D eigenvalue weighted by Crippen LogP contribution is -2.29. The Morgan fingerprint density at radius 3 is 2.58 bits per heavy atom. The van der Waals surface area contributed by atoms with Gasteiger partial charge in [-0.25, -0.2) is 8.78 Å². The number of halogens is 2. The van der Waals surface area contributed by atoms with E-state index >= 15 is 0 Å². The molecule has 2 heterocycles. The minimum Gasteiger partial charge on any atom is -0.371 e. The Kier molecular flexibility index (Phi) is 5.76. The second-order valence-corrected chi connectivity index (χ2v) is 8.05. The van der Waals surface area contributed by atoms with E-state index in [9.17, 15) is 13.6 Å². The van der Waals surface area contributed by atoms with E-state index in [1.807, 2.05) is 67.5 Å². The lowest BCUT2D eigenvalue weighted by Gasteiger charge is -2.27. The molecule has 4 rings (SSSR count). The summed E-state index contributed by atoms with van der Waals surface area (Å²) in [4.78, 5) is 15.3. The molecule has 0 radical (unpaired) electrons. The van der Waals surface area contributed by atoms with Crippen LogP contribution in [0.15, 0.2) is 54.9 Å². The number of hydrogen-bond acceptors (Lipinski definition) is 3. The van der Waals surface area contributed by atoms with Crippen molar-refractivity contribution in [3.63, 3.8) is 0 Å². The molecule has 1 aliphatic heterocycles. The maximum atomic E-state index is 14.0. The summed E-state index contributed by atoms with van der Waals surface area (Å²) >= 11 is 0. The third kappa shape index (κ3) is 4.60. The van der Waals surface area contributed by atoms with Crippen molar-refractivity contribution >= 4 is 17.3 Å². The van der Waals surface area contributed by atoms with E-state index in [1.54, 1.807) is 10.9 Å². The van der Waals surface area contributed by atoms with Gasteiger partial charge in [0.25, 0.3) is 5.91 Å². The molecule has 0 saturated carbocycles. The highest BCUT2D eigenvalue weighted by molar-refractivity contribution is 6.10. The Morgan fingerprint density at radius 2 is 1.87 bits per heavy atom. The lowest BCUT2D eigenvalue weighted by molar-refractivity contribution is -0.0102. The highest BCUT2D eigenvalue weighted by Gasteiger charge is 2.33. The second-order valence-electron chi connectivity index (χ2n) is 8.05. The van der Waals surface area contributed by atoms with Crippen molar-refractivity contribution in [3.8, 4) is 11.1 Å². The third-order valence-corrected chi connectivity index (χ3v) is 5.78. The predicted molar refractivity (Wildman–Crippen MR) is 119 cm³/mol. The fourth-order valence-electron chi connectivity index (χ4n) is 4.14. The van der Waals surface area contributed by atoms with Crippen molar-refractivity contribution in [1.29, 1.82) is 0 Å². The molecule has 1 aromatic heterocycles. The molecule has 0 bridgehead atoms. The van der Waals surface area contributed by atoms with Crippen LogP contribution in [0.2, 0.25) is 0 Å². The van der Waals surface area contributed by atoms with Gasteiger partial charge in [0.15, 0.2) is 0 Å². The molecule has 1 amide bonds. The van der Waals surface area contributed by atoms with Crippen molar-refractivity contribution in [3.05, 3.63) is 66.0 Å². The van der Waals surface area contributed by atoms with Gasteiger partial charge in [-0.2, -0.15) is 5.10 Å². The number of nitrogens with zero attached hydrogens (tertiary/aromatic N) is 3. The summed E-state index contributed by atoms with van der Waals surface area (Å²) in [5.41, 5.74) is 4.49. The summed E-state index contributed by atoms with van der Waals surface area (Å²) in [6.07, 6.45) is 3.70. The van der Waals surface area contributed by atoms with Gasteiger partial charge in [0.2, 0.25) is 5.92 Å². The van der Waals surface area contributed by atoms with Crippen LogP contribution in [0.4, 0.5) is 20.2 Å². The number of para-hydroxylation sites is 1. The van der Waals surface area contributed by atoms with E-state index in [-0.39, 0.29) is 25.3 Å². The van der Waals surface area contributed by atoms with Gasteiger partial charge in [-0.15, -0.1) is 0 Å². The maximum Gasteiger partial charge on any atom is 0.258 e. The van der Waals surface area contributed by atoms with Crippen LogP contribution < -0.4 is 10.2 Å². The fraction of sp³-hybridized carbons (Fsp3) is 0.333. The Balaban J connectivity index is 1.76. The molecule has 1 aliphatic rings. The minimum atomic E-state index is -2.66. The zero-order valence-corrected chi connectivity index (χ0v) is 17.7. The van der Waals surface area contributed by atoms with Crippen LogP contribution in [0, 0.1) is 6.92 Å². The average Bonchev–Trinajstić information content (AvgIpc) is 3.08. The highest BCUT2D eigenvalue weighted by Crippen LogP contribution is 2.36. The summed E-state index contributed by atoms with van der Waals surface area (Å²) in [6, 6.07) is 13.1. The number of aromatic nitrogens is 2. The molecule has 0 spiro atoms. The number of carbonyl (C=O) groups is 1. The van der Waals surface area contributed by atoms with E-state index in [2.05, 4.69) is 10.4 Å². The molecule has 0 aliphatic carbocycles. The predicted octanol–water partition coefficient (Wildman–Crippen LogP) is 5.27. The SMILES string of the molecule is Cc1c(-c2cnn(C)c2)ccc(N2CCCC(F)(F)CC2)c1C(=O)Nc1ccccc1. The Morgan fingerprint density at radius 1 is 1.10 bits per heavy atom. The van der Waals surface area contributed by atoms with Crippen LogP contribution in [0.5, 0.6) is 0 Å². The summed E-state index contributed by atoms with van der Waals surface area (Å²) in [5.74, 6) is -2.91. The normalized spacial score (nSPS) is 16.1. The molecule has 1 N–H and O–H groups in total. The molecule has 0 unspecified atom stereocenters. The first-order valence-corrected chi connectivity index (χ1v) is 10.5. The monoisotopic (exact) mass is 424 g/mol. The number of aryl methyl sites for hydroxylation is 1. The fourth-order valence-corrected chi connectivity index (χ4v) is 4.14. The average molecular weight is 424 g/mol. The molecule has 162 valence electrons. The van der Waals surface area contributed by atoms with Crippen molar-refractivity contribution in [2.24, 2.45) is 7.05 Å². The minimum absolute atomic E-state index is 0.123. The van der Waals surface area contributed by atoms with Crippen LogP contribution in [-0.4, -0.2) is 34.7 Å². The number of alkyl halides is 2. The molecule has 5 nitrogen and oxygen atoms in total. The number of anilines is 2. The zero-order valence-electron chi connectivity index (χ0n) is 17.7. The van der Waals surface area contributed by atoms with E-state index < -0.39 is 5.92 Å². The zero-order chi connectivity index (χ0) is 22.0. The first-order valence-electron chi connectivity index (χ1n) is 10.5. The molecule has 2 aromatic carbocycles. The van der Waals surface area contributed by atoms with E-state index in [4.69, 9.17) is 0 Å². The van der Waals surface area contributed by atoms with Gasteiger partial charge in [-0.05, 0) is 42.7 Å². The second kappa shape index (κ2) is 8.49.